The number of nitrogens with one attached hydrogen (secondary N) is 2. The fraction of sp³-hybridized carbons (Fsp3) is 0.944. The van der Waals surface area contributed by atoms with Gasteiger partial charge in [-0.1, -0.05) is 13.8 Å². The Morgan fingerprint density at radius 3 is 2.44 bits per heavy atom. The molecule has 25 heavy (non-hydrogen) atoms. The van der Waals surface area contributed by atoms with Crippen molar-refractivity contribution in [1.29, 1.82) is 0 Å². The summed E-state index contributed by atoms with van der Waals surface area (Å²) in [4.78, 5) is 6.88. The van der Waals surface area contributed by atoms with E-state index in [1.54, 1.807) is 0 Å². The highest BCUT2D eigenvalue weighted by molar-refractivity contribution is 14.0. The molecule has 1 rings (SSSR count). The van der Waals surface area contributed by atoms with Crippen LogP contribution in [0.3, 0.4) is 0 Å². The Hall–Kier alpha value is 0.270. The summed E-state index contributed by atoms with van der Waals surface area (Å²) in [6.07, 6.45) is 6.81. The number of thioether (sulfide) groups is 1. The summed E-state index contributed by atoms with van der Waals surface area (Å²) in [5.41, 5.74) is 0. The number of hydrogen-bond acceptors (Lipinski definition) is 4. The first-order valence-corrected chi connectivity index (χ1v) is 10.6. The molecule has 2 N–H and O–H groups in total. The van der Waals surface area contributed by atoms with Crippen LogP contribution >= 0.6 is 35.7 Å². The number of rotatable bonds is 10. The Bertz CT molecular complexity index is 361. The maximum atomic E-state index is 5.52. The van der Waals surface area contributed by atoms with Crippen molar-refractivity contribution >= 4 is 41.7 Å². The predicted octanol–water partition coefficient (Wildman–Crippen LogP) is 3.19. The smallest absolute Gasteiger partial charge is 0.191 e. The van der Waals surface area contributed by atoms with Gasteiger partial charge in [-0.15, -0.1) is 24.0 Å². The average molecular weight is 487 g/mol. The molecule has 0 aromatic carbocycles. The van der Waals surface area contributed by atoms with Gasteiger partial charge in [0.2, 0.25) is 0 Å². The molecule has 1 saturated heterocycles. The van der Waals surface area contributed by atoms with Gasteiger partial charge in [-0.25, -0.2) is 0 Å². The van der Waals surface area contributed by atoms with E-state index in [1.165, 1.54) is 19.4 Å². The molecule has 0 aliphatic carbocycles. The minimum atomic E-state index is 0. The van der Waals surface area contributed by atoms with E-state index in [9.17, 15) is 0 Å². The summed E-state index contributed by atoms with van der Waals surface area (Å²) in [6.45, 7) is 12.9. The van der Waals surface area contributed by atoms with Crippen molar-refractivity contribution in [3.63, 3.8) is 0 Å². The molecule has 1 unspecified atom stereocenters. The molecule has 0 aromatic heterocycles. The zero-order chi connectivity index (χ0) is 17.8. The number of hydrogen-bond donors (Lipinski definition) is 2. The minimum Gasteiger partial charge on any atom is -0.381 e. The molecule has 0 bridgehead atoms. The van der Waals surface area contributed by atoms with E-state index in [4.69, 9.17) is 4.74 Å². The highest BCUT2D eigenvalue weighted by Crippen LogP contribution is 2.32. The number of nitrogens with zero attached hydrogens (tertiary/aromatic N) is 2. The largest absolute Gasteiger partial charge is 0.381 e. The van der Waals surface area contributed by atoms with Crippen molar-refractivity contribution in [2.24, 2.45) is 4.99 Å². The van der Waals surface area contributed by atoms with Gasteiger partial charge in [0.25, 0.3) is 0 Å². The summed E-state index contributed by atoms with van der Waals surface area (Å²) in [5.74, 6) is 0.922. The normalized spacial score (nSPS) is 18.6. The van der Waals surface area contributed by atoms with Gasteiger partial charge < -0.3 is 20.3 Å². The van der Waals surface area contributed by atoms with Gasteiger partial charge in [0, 0.05) is 37.6 Å². The van der Waals surface area contributed by atoms with Crippen LogP contribution in [0.5, 0.6) is 0 Å². The van der Waals surface area contributed by atoms with Crippen LogP contribution in [0.15, 0.2) is 4.99 Å². The Balaban J connectivity index is 0.00000576. The van der Waals surface area contributed by atoms with Crippen molar-refractivity contribution in [3.05, 3.63) is 0 Å². The van der Waals surface area contributed by atoms with Crippen molar-refractivity contribution in [1.82, 2.24) is 15.5 Å². The van der Waals surface area contributed by atoms with E-state index >= 15 is 0 Å². The lowest BCUT2D eigenvalue weighted by atomic mass is 9.99. The molecule has 1 heterocycles. The van der Waals surface area contributed by atoms with Gasteiger partial charge in [0.05, 0.1) is 0 Å². The van der Waals surface area contributed by atoms with E-state index in [0.29, 0.717) is 6.04 Å². The zero-order valence-corrected chi connectivity index (χ0v) is 19.9. The maximum Gasteiger partial charge on any atom is 0.191 e. The van der Waals surface area contributed by atoms with Crippen LogP contribution in [0.1, 0.15) is 46.5 Å². The van der Waals surface area contributed by atoms with Crippen molar-refractivity contribution in [3.8, 4) is 0 Å². The minimum absolute atomic E-state index is 0. The molecule has 0 radical (unpaired) electrons. The highest BCUT2D eigenvalue weighted by Gasteiger charge is 2.31. The summed E-state index contributed by atoms with van der Waals surface area (Å²) < 4.78 is 5.79. The quantitative estimate of drug-likeness (QED) is 0.282. The first kappa shape index (κ1) is 25.3. The molecule has 0 saturated carbocycles. The first-order valence-electron chi connectivity index (χ1n) is 9.41. The topological polar surface area (TPSA) is 48.9 Å². The van der Waals surface area contributed by atoms with Gasteiger partial charge in [0.15, 0.2) is 5.96 Å². The number of aliphatic imine (C=N–C) groups is 1. The lowest BCUT2D eigenvalue weighted by Gasteiger charge is -2.36. The molecular weight excluding hydrogens is 447 g/mol. The zero-order valence-electron chi connectivity index (χ0n) is 16.8. The lowest BCUT2D eigenvalue weighted by Crippen LogP contribution is -2.49. The van der Waals surface area contributed by atoms with Crippen LogP contribution in [-0.2, 0) is 4.74 Å². The Morgan fingerprint density at radius 2 is 1.92 bits per heavy atom. The summed E-state index contributed by atoms with van der Waals surface area (Å²) in [5, 5.41) is 7.07. The van der Waals surface area contributed by atoms with Crippen molar-refractivity contribution in [2.75, 3.05) is 52.7 Å². The number of halogens is 1. The van der Waals surface area contributed by atoms with Gasteiger partial charge in [-0.05, 0) is 58.5 Å². The van der Waals surface area contributed by atoms with Gasteiger partial charge in [0.1, 0.15) is 0 Å². The highest BCUT2D eigenvalue weighted by atomic mass is 127. The standard InChI is InChI=1S/C18H38N4OS.HI/c1-6-22(7-2)12-8-9-16(3)21-17(19-4)20-15-18(24-5)10-13-23-14-11-18;/h16H,6-15H2,1-5H3,(H2,19,20,21);1H. The van der Waals surface area contributed by atoms with Crippen LogP contribution in [0.4, 0.5) is 0 Å². The molecule has 5 nitrogen and oxygen atoms in total. The molecule has 7 heteroatoms. The molecule has 1 aliphatic heterocycles. The fourth-order valence-corrected chi connectivity index (χ4v) is 3.89. The third kappa shape index (κ3) is 9.68. The number of guanidine groups is 1. The van der Waals surface area contributed by atoms with E-state index in [2.05, 4.69) is 47.6 Å². The summed E-state index contributed by atoms with van der Waals surface area (Å²) in [6, 6.07) is 0.437. The third-order valence-electron chi connectivity index (χ3n) is 5.03. The van der Waals surface area contributed by atoms with Gasteiger partial charge in [-0.2, -0.15) is 11.8 Å². The van der Waals surface area contributed by atoms with Gasteiger partial charge >= 0.3 is 0 Å². The molecule has 150 valence electrons. The van der Waals surface area contributed by atoms with E-state index in [0.717, 1.165) is 51.6 Å². The molecule has 1 aliphatic rings. The lowest BCUT2D eigenvalue weighted by molar-refractivity contribution is 0.0782. The monoisotopic (exact) mass is 486 g/mol. The second-order valence-electron chi connectivity index (χ2n) is 6.64. The van der Waals surface area contributed by atoms with Crippen LogP contribution in [0, 0.1) is 0 Å². The molecule has 0 aromatic rings. The molecule has 1 atom stereocenters. The Labute approximate surface area is 176 Å². The van der Waals surface area contributed by atoms with Crippen molar-refractivity contribution in [2.45, 2.75) is 57.2 Å². The summed E-state index contributed by atoms with van der Waals surface area (Å²) >= 11 is 1.96. The Kier molecular flexibility index (Phi) is 14.5. The van der Waals surface area contributed by atoms with Crippen LogP contribution in [0.25, 0.3) is 0 Å². The molecule has 0 spiro atoms. The first-order chi connectivity index (χ1) is 11.6. The van der Waals surface area contributed by atoms with E-state index in [-0.39, 0.29) is 28.7 Å². The maximum absolute atomic E-state index is 5.52. The van der Waals surface area contributed by atoms with Crippen LogP contribution in [0.2, 0.25) is 0 Å². The molecule has 0 amide bonds. The molecule has 1 fully saturated rings. The van der Waals surface area contributed by atoms with E-state index < -0.39 is 0 Å². The fourth-order valence-electron chi connectivity index (χ4n) is 3.10. The predicted molar refractivity (Wildman–Crippen MR) is 123 cm³/mol. The van der Waals surface area contributed by atoms with Crippen molar-refractivity contribution < 1.29 is 4.74 Å². The second kappa shape index (κ2) is 14.3. The number of ether oxygens (including phenoxy) is 1. The second-order valence-corrected chi connectivity index (χ2v) is 7.91. The Morgan fingerprint density at radius 1 is 1.28 bits per heavy atom. The van der Waals surface area contributed by atoms with Crippen LogP contribution < -0.4 is 10.6 Å². The van der Waals surface area contributed by atoms with Gasteiger partial charge in [-0.3, -0.25) is 4.99 Å². The van der Waals surface area contributed by atoms with Crippen LogP contribution in [-0.4, -0.2) is 74.3 Å². The third-order valence-corrected chi connectivity index (χ3v) is 6.45. The summed E-state index contributed by atoms with van der Waals surface area (Å²) in [7, 11) is 1.85. The molecular formula is C18H39IN4OS. The SMILES string of the molecule is CCN(CC)CCCC(C)NC(=NC)NCC1(SC)CCOCC1.I. The average Bonchev–Trinajstić information content (AvgIpc) is 2.63. The van der Waals surface area contributed by atoms with E-state index in [1.807, 2.05) is 18.8 Å².